The van der Waals surface area contributed by atoms with Gasteiger partial charge in [-0.2, -0.15) is 0 Å². The fourth-order valence-electron chi connectivity index (χ4n) is 0.923. The Morgan fingerprint density at radius 1 is 1.18 bits per heavy atom. The average molecular weight is 160 g/mol. The Morgan fingerprint density at radius 3 is 2.45 bits per heavy atom. The molecule has 0 radical (unpaired) electrons. The first-order valence-corrected chi connectivity index (χ1v) is 4.46. The Kier molecular flexibility index (Phi) is 7.96. The van der Waals surface area contributed by atoms with E-state index in [1.54, 1.807) is 0 Å². The zero-order valence-electron chi connectivity index (χ0n) is 7.68. The monoisotopic (exact) mass is 160 g/mol. The normalized spacial score (nSPS) is 10.9. The van der Waals surface area contributed by atoms with E-state index in [0.29, 0.717) is 6.61 Å². The van der Waals surface area contributed by atoms with Crippen molar-refractivity contribution in [2.75, 3.05) is 19.8 Å². The molecule has 11 heavy (non-hydrogen) atoms. The molecule has 68 valence electrons. The molecule has 0 amide bonds. The van der Waals surface area contributed by atoms with E-state index >= 15 is 0 Å². The third-order valence-corrected chi connectivity index (χ3v) is 1.56. The van der Waals surface area contributed by atoms with Crippen LogP contribution in [0.5, 0.6) is 0 Å². The lowest BCUT2D eigenvalue weighted by molar-refractivity contribution is 0.0892. The Balaban J connectivity index is 2.80. The molecule has 0 atom stereocenters. The van der Waals surface area contributed by atoms with E-state index < -0.39 is 0 Å². The van der Waals surface area contributed by atoms with Gasteiger partial charge in [0.05, 0.1) is 13.2 Å². The van der Waals surface area contributed by atoms with E-state index in [-0.39, 0.29) is 6.61 Å². The molecule has 2 nitrogen and oxygen atoms in total. The molecule has 0 aliphatic heterocycles. The molecule has 0 bridgehead atoms. The lowest BCUT2D eigenvalue weighted by Gasteiger charge is -2.04. The van der Waals surface area contributed by atoms with Crippen LogP contribution < -0.4 is 0 Å². The molecule has 0 unspecified atom stereocenters. The van der Waals surface area contributed by atoms with Gasteiger partial charge in [-0.05, 0) is 12.3 Å². The minimum Gasteiger partial charge on any atom is -0.394 e. The summed E-state index contributed by atoms with van der Waals surface area (Å²) < 4.78 is 5.11. The SMILES string of the molecule is CC(C)CCCCOCCO. The average Bonchev–Trinajstić information content (AvgIpc) is 1.96. The topological polar surface area (TPSA) is 29.5 Å². The van der Waals surface area contributed by atoms with Crippen LogP contribution >= 0.6 is 0 Å². The summed E-state index contributed by atoms with van der Waals surface area (Å²) in [4.78, 5) is 0. The highest BCUT2D eigenvalue weighted by atomic mass is 16.5. The second kappa shape index (κ2) is 8.02. The van der Waals surface area contributed by atoms with Gasteiger partial charge < -0.3 is 9.84 Å². The van der Waals surface area contributed by atoms with Crippen LogP contribution in [0.2, 0.25) is 0 Å². The van der Waals surface area contributed by atoms with Gasteiger partial charge in [-0.3, -0.25) is 0 Å². The quantitative estimate of drug-likeness (QED) is 0.576. The zero-order valence-corrected chi connectivity index (χ0v) is 7.68. The minimum atomic E-state index is 0.143. The standard InChI is InChI=1S/C9H20O2/c1-9(2)5-3-4-7-11-8-6-10/h9-10H,3-8H2,1-2H3. The van der Waals surface area contributed by atoms with Crippen LogP contribution in [0.3, 0.4) is 0 Å². The largest absolute Gasteiger partial charge is 0.394 e. The van der Waals surface area contributed by atoms with E-state index in [9.17, 15) is 0 Å². The van der Waals surface area contributed by atoms with Gasteiger partial charge in [0.15, 0.2) is 0 Å². The zero-order chi connectivity index (χ0) is 8.53. The lowest BCUT2D eigenvalue weighted by Crippen LogP contribution is -2.00. The lowest BCUT2D eigenvalue weighted by atomic mass is 10.1. The summed E-state index contributed by atoms with van der Waals surface area (Å²) in [6.07, 6.45) is 3.64. The number of aliphatic hydroxyl groups is 1. The van der Waals surface area contributed by atoms with Crippen LogP contribution in [0, 0.1) is 5.92 Å². The molecule has 2 heteroatoms. The van der Waals surface area contributed by atoms with Crippen LogP contribution in [0.4, 0.5) is 0 Å². The molecule has 0 rings (SSSR count). The molecule has 0 aromatic heterocycles. The highest BCUT2D eigenvalue weighted by molar-refractivity contribution is 4.45. The van der Waals surface area contributed by atoms with Crippen molar-refractivity contribution < 1.29 is 9.84 Å². The first-order chi connectivity index (χ1) is 5.27. The Bertz CT molecular complexity index is 72.0. The van der Waals surface area contributed by atoms with Gasteiger partial charge in [-0.15, -0.1) is 0 Å². The summed E-state index contributed by atoms with van der Waals surface area (Å²) in [7, 11) is 0. The predicted molar refractivity (Wildman–Crippen MR) is 46.6 cm³/mol. The van der Waals surface area contributed by atoms with Crippen molar-refractivity contribution in [1.29, 1.82) is 0 Å². The van der Waals surface area contributed by atoms with Crippen molar-refractivity contribution in [3.63, 3.8) is 0 Å². The van der Waals surface area contributed by atoms with Gasteiger partial charge in [0, 0.05) is 6.61 Å². The van der Waals surface area contributed by atoms with Crippen LogP contribution in [0.25, 0.3) is 0 Å². The Hall–Kier alpha value is -0.0800. The van der Waals surface area contributed by atoms with E-state index in [1.165, 1.54) is 12.8 Å². The minimum absolute atomic E-state index is 0.143. The summed E-state index contributed by atoms with van der Waals surface area (Å²) in [5.74, 6) is 0.799. The predicted octanol–water partition coefficient (Wildman–Crippen LogP) is 1.82. The number of rotatable bonds is 7. The Morgan fingerprint density at radius 2 is 1.91 bits per heavy atom. The van der Waals surface area contributed by atoms with E-state index in [4.69, 9.17) is 9.84 Å². The van der Waals surface area contributed by atoms with Gasteiger partial charge in [-0.1, -0.05) is 26.7 Å². The molecule has 0 spiro atoms. The third kappa shape index (κ3) is 9.92. The van der Waals surface area contributed by atoms with Crippen molar-refractivity contribution in [2.45, 2.75) is 33.1 Å². The summed E-state index contributed by atoms with van der Waals surface area (Å²) in [5.41, 5.74) is 0. The maximum atomic E-state index is 8.39. The molecular weight excluding hydrogens is 140 g/mol. The summed E-state index contributed by atoms with van der Waals surface area (Å²) in [6, 6.07) is 0. The molecule has 0 saturated carbocycles. The molecular formula is C9H20O2. The summed E-state index contributed by atoms with van der Waals surface area (Å²) in [5, 5.41) is 8.39. The Labute approximate surface area is 69.6 Å². The van der Waals surface area contributed by atoms with Crippen molar-refractivity contribution in [1.82, 2.24) is 0 Å². The van der Waals surface area contributed by atoms with Gasteiger partial charge in [0.1, 0.15) is 0 Å². The molecule has 0 fully saturated rings. The second-order valence-corrected chi connectivity index (χ2v) is 3.23. The van der Waals surface area contributed by atoms with Crippen LogP contribution in [-0.4, -0.2) is 24.9 Å². The van der Waals surface area contributed by atoms with E-state index in [2.05, 4.69) is 13.8 Å². The van der Waals surface area contributed by atoms with Gasteiger partial charge in [0.25, 0.3) is 0 Å². The first kappa shape index (κ1) is 10.9. The van der Waals surface area contributed by atoms with Crippen molar-refractivity contribution in [2.24, 2.45) is 5.92 Å². The van der Waals surface area contributed by atoms with Gasteiger partial charge in [-0.25, -0.2) is 0 Å². The molecule has 0 saturated heterocycles. The smallest absolute Gasteiger partial charge is 0.0697 e. The number of aliphatic hydroxyl groups excluding tert-OH is 1. The molecule has 0 aliphatic rings. The summed E-state index contributed by atoms with van der Waals surface area (Å²) in [6.45, 7) is 5.89. The van der Waals surface area contributed by atoms with Crippen molar-refractivity contribution in [3.05, 3.63) is 0 Å². The van der Waals surface area contributed by atoms with E-state index in [0.717, 1.165) is 18.9 Å². The molecule has 1 N–H and O–H groups in total. The first-order valence-electron chi connectivity index (χ1n) is 4.46. The van der Waals surface area contributed by atoms with Gasteiger partial charge in [0.2, 0.25) is 0 Å². The van der Waals surface area contributed by atoms with Crippen LogP contribution in [0.15, 0.2) is 0 Å². The maximum absolute atomic E-state index is 8.39. The number of ether oxygens (including phenoxy) is 1. The molecule has 0 aromatic rings. The fourth-order valence-corrected chi connectivity index (χ4v) is 0.923. The second-order valence-electron chi connectivity index (χ2n) is 3.23. The van der Waals surface area contributed by atoms with Crippen LogP contribution in [-0.2, 0) is 4.74 Å². The van der Waals surface area contributed by atoms with Crippen LogP contribution in [0.1, 0.15) is 33.1 Å². The van der Waals surface area contributed by atoms with E-state index in [1.807, 2.05) is 0 Å². The fraction of sp³-hybridized carbons (Fsp3) is 1.00. The van der Waals surface area contributed by atoms with Gasteiger partial charge >= 0.3 is 0 Å². The van der Waals surface area contributed by atoms with Crippen molar-refractivity contribution in [3.8, 4) is 0 Å². The number of hydrogen-bond donors (Lipinski definition) is 1. The maximum Gasteiger partial charge on any atom is 0.0697 e. The number of unbranched alkanes of at least 4 members (excludes halogenated alkanes) is 1. The number of hydrogen-bond acceptors (Lipinski definition) is 2. The highest BCUT2D eigenvalue weighted by Crippen LogP contribution is 2.05. The highest BCUT2D eigenvalue weighted by Gasteiger charge is 1.93. The molecule has 0 aliphatic carbocycles. The molecule has 0 heterocycles. The summed E-state index contributed by atoms with van der Waals surface area (Å²) >= 11 is 0. The molecule has 0 aromatic carbocycles. The van der Waals surface area contributed by atoms with Crippen molar-refractivity contribution >= 4 is 0 Å². The third-order valence-electron chi connectivity index (χ3n) is 1.56.